The minimum absolute atomic E-state index is 0.113. The Bertz CT molecular complexity index is 422. The Kier molecular flexibility index (Phi) is 6.32. The highest BCUT2D eigenvalue weighted by Crippen LogP contribution is 2.19. The van der Waals surface area contributed by atoms with E-state index < -0.39 is 0 Å². The molecule has 1 N–H and O–H groups in total. The second-order valence-electron chi connectivity index (χ2n) is 4.31. The third-order valence-corrected chi connectivity index (χ3v) is 2.87. The van der Waals surface area contributed by atoms with E-state index in [0.717, 1.165) is 29.7 Å². The van der Waals surface area contributed by atoms with Gasteiger partial charge in [-0.1, -0.05) is 25.7 Å². The van der Waals surface area contributed by atoms with Crippen LogP contribution in [0.3, 0.4) is 0 Å². The minimum atomic E-state index is 0.113. The van der Waals surface area contributed by atoms with Gasteiger partial charge in [-0.25, -0.2) is 0 Å². The fraction of sp³-hybridized carbons (Fsp3) is 0.500. The maximum Gasteiger partial charge on any atom is 0.120 e. The monoisotopic (exact) mass is 246 g/mol. The molecule has 0 saturated heterocycles. The Balaban J connectivity index is 2.76. The van der Waals surface area contributed by atoms with Crippen molar-refractivity contribution in [3.63, 3.8) is 0 Å². The second-order valence-corrected chi connectivity index (χ2v) is 4.31. The molecule has 1 aromatic carbocycles. The van der Waals surface area contributed by atoms with Crippen LogP contribution in [0.1, 0.15) is 44.2 Å². The van der Waals surface area contributed by atoms with Crippen LogP contribution in [0.5, 0.6) is 5.75 Å². The van der Waals surface area contributed by atoms with Gasteiger partial charge in [-0.15, -0.1) is 0 Å². The number of aryl methyl sites for hydroxylation is 1. The largest absolute Gasteiger partial charge is 0.490 e. The maximum absolute atomic E-state index is 8.69. The number of aliphatic hydroxyl groups is 1. The predicted octanol–water partition coefficient (Wildman–Crippen LogP) is 3.30. The minimum Gasteiger partial charge on any atom is -0.490 e. The van der Waals surface area contributed by atoms with E-state index in [0.29, 0.717) is 6.42 Å². The number of hydrogen-bond donors (Lipinski definition) is 1. The van der Waals surface area contributed by atoms with Crippen molar-refractivity contribution in [3.8, 4) is 17.6 Å². The summed E-state index contributed by atoms with van der Waals surface area (Å²) in [5.41, 5.74) is 2.12. The van der Waals surface area contributed by atoms with E-state index in [1.165, 1.54) is 0 Å². The molecule has 1 aromatic rings. The van der Waals surface area contributed by atoms with Gasteiger partial charge >= 0.3 is 0 Å². The molecule has 0 bridgehead atoms. The molecule has 0 unspecified atom stereocenters. The molecule has 98 valence electrons. The summed E-state index contributed by atoms with van der Waals surface area (Å²) >= 11 is 0. The molecular weight excluding hydrogens is 224 g/mol. The van der Waals surface area contributed by atoms with Gasteiger partial charge in [0.2, 0.25) is 0 Å². The van der Waals surface area contributed by atoms with Crippen LogP contribution in [0.15, 0.2) is 18.2 Å². The van der Waals surface area contributed by atoms with E-state index >= 15 is 0 Å². The zero-order valence-corrected chi connectivity index (χ0v) is 11.5. The Labute approximate surface area is 110 Å². The van der Waals surface area contributed by atoms with E-state index in [9.17, 15) is 0 Å². The average Bonchev–Trinajstić information content (AvgIpc) is 2.38. The Morgan fingerprint density at radius 1 is 1.28 bits per heavy atom. The van der Waals surface area contributed by atoms with E-state index in [2.05, 4.69) is 25.7 Å². The van der Waals surface area contributed by atoms with Gasteiger partial charge in [0.15, 0.2) is 0 Å². The van der Waals surface area contributed by atoms with Crippen molar-refractivity contribution >= 4 is 0 Å². The number of aliphatic hydroxyl groups excluding tert-OH is 1. The molecule has 0 aliphatic rings. The second kappa shape index (κ2) is 7.79. The number of hydrogen-bond acceptors (Lipinski definition) is 2. The first-order chi connectivity index (χ1) is 8.71. The van der Waals surface area contributed by atoms with Gasteiger partial charge < -0.3 is 9.84 Å². The molecule has 0 heterocycles. The lowest BCUT2D eigenvalue weighted by atomic mass is 10.1. The van der Waals surface area contributed by atoms with Gasteiger partial charge in [-0.2, -0.15) is 0 Å². The van der Waals surface area contributed by atoms with Crippen LogP contribution in [0, 0.1) is 18.8 Å². The highest BCUT2D eigenvalue weighted by Gasteiger charge is 2.06. The van der Waals surface area contributed by atoms with Crippen molar-refractivity contribution in [1.82, 2.24) is 0 Å². The summed E-state index contributed by atoms with van der Waals surface area (Å²) in [6, 6.07) is 5.98. The van der Waals surface area contributed by atoms with Gasteiger partial charge in [0.05, 0.1) is 12.7 Å². The van der Waals surface area contributed by atoms with E-state index in [1.54, 1.807) is 0 Å². The first kappa shape index (κ1) is 14.6. The van der Waals surface area contributed by atoms with Crippen LogP contribution in [0.2, 0.25) is 0 Å². The molecule has 0 radical (unpaired) electrons. The highest BCUT2D eigenvalue weighted by atomic mass is 16.5. The molecule has 18 heavy (non-hydrogen) atoms. The van der Waals surface area contributed by atoms with E-state index in [-0.39, 0.29) is 12.7 Å². The summed E-state index contributed by atoms with van der Waals surface area (Å²) in [4.78, 5) is 0. The van der Waals surface area contributed by atoms with E-state index in [1.807, 2.05) is 25.1 Å². The van der Waals surface area contributed by atoms with Crippen molar-refractivity contribution in [2.24, 2.45) is 0 Å². The Morgan fingerprint density at radius 2 is 2.00 bits per heavy atom. The number of benzene rings is 1. The van der Waals surface area contributed by atoms with Gasteiger partial charge in [-0.3, -0.25) is 0 Å². The summed E-state index contributed by atoms with van der Waals surface area (Å²) in [6.07, 6.45) is 2.85. The predicted molar refractivity (Wildman–Crippen MR) is 74.8 cm³/mol. The molecule has 1 rings (SSSR count). The molecule has 0 aromatic heterocycles. The van der Waals surface area contributed by atoms with Crippen LogP contribution in [0.25, 0.3) is 0 Å². The molecule has 0 saturated carbocycles. The molecule has 0 aliphatic heterocycles. The Morgan fingerprint density at radius 3 is 2.56 bits per heavy atom. The van der Waals surface area contributed by atoms with Crippen molar-refractivity contribution in [1.29, 1.82) is 0 Å². The first-order valence-corrected chi connectivity index (χ1v) is 6.58. The highest BCUT2D eigenvalue weighted by molar-refractivity contribution is 5.44. The van der Waals surface area contributed by atoms with Crippen molar-refractivity contribution in [2.45, 2.75) is 46.1 Å². The quantitative estimate of drug-likeness (QED) is 0.808. The lowest BCUT2D eigenvalue weighted by Gasteiger charge is -2.16. The summed E-state index contributed by atoms with van der Waals surface area (Å²) in [5, 5.41) is 8.69. The lowest BCUT2D eigenvalue weighted by molar-refractivity contribution is 0.193. The van der Waals surface area contributed by atoms with Crippen LogP contribution < -0.4 is 4.74 Å². The topological polar surface area (TPSA) is 29.5 Å². The number of ether oxygens (including phenoxy) is 1. The van der Waals surface area contributed by atoms with Crippen LogP contribution in [0.4, 0.5) is 0 Å². The molecule has 0 atom stereocenters. The molecule has 0 amide bonds. The molecular formula is C16H22O2. The summed E-state index contributed by atoms with van der Waals surface area (Å²) in [7, 11) is 0. The summed E-state index contributed by atoms with van der Waals surface area (Å²) < 4.78 is 5.89. The number of rotatable bonds is 5. The third kappa shape index (κ3) is 4.43. The molecule has 0 aliphatic carbocycles. The smallest absolute Gasteiger partial charge is 0.120 e. The zero-order valence-electron chi connectivity index (χ0n) is 11.5. The molecule has 0 fully saturated rings. The van der Waals surface area contributed by atoms with Gasteiger partial charge in [0.1, 0.15) is 5.75 Å². The Hall–Kier alpha value is -1.46. The fourth-order valence-corrected chi connectivity index (χ4v) is 1.71. The molecule has 0 spiro atoms. The van der Waals surface area contributed by atoms with Gasteiger partial charge in [-0.05, 0) is 43.5 Å². The van der Waals surface area contributed by atoms with Crippen molar-refractivity contribution in [2.75, 3.05) is 6.61 Å². The first-order valence-electron chi connectivity index (χ1n) is 6.58. The van der Waals surface area contributed by atoms with Crippen molar-refractivity contribution < 1.29 is 9.84 Å². The van der Waals surface area contributed by atoms with Crippen LogP contribution in [-0.4, -0.2) is 17.8 Å². The van der Waals surface area contributed by atoms with E-state index in [4.69, 9.17) is 9.84 Å². The SMILES string of the molecule is CCC(CC)Oc1ccc(C#CCCO)c(C)c1. The molecule has 2 heteroatoms. The normalized spacial score (nSPS) is 10.1. The maximum atomic E-state index is 8.69. The summed E-state index contributed by atoms with van der Waals surface area (Å²) in [6.45, 7) is 6.41. The average molecular weight is 246 g/mol. The van der Waals surface area contributed by atoms with Gasteiger partial charge in [0.25, 0.3) is 0 Å². The lowest BCUT2D eigenvalue weighted by Crippen LogP contribution is -2.13. The van der Waals surface area contributed by atoms with Crippen molar-refractivity contribution in [3.05, 3.63) is 29.3 Å². The van der Waals surface area contributed by atoms with Crippen LogP contribution >= 0.6 is 0 Å². The summed E-state index contributed by atoms with van der Waals surface area (Å²) in [5.74, 6) is 6.90. The van der Waals surface area contributed by atoms with Gasteiger partial charge in [0, 0.05) is 12.0 Å². The molecule has 2 nitrogen and oxygen atoms in total. The zero-order chi connectivity index (χ0) is 13.4. The van der Waals surface area contributed by atoms with Crippen LogP contribution in [-0.2, 0) is 0 Å². The third-order valence-electron chi connectivity index (χ3n) is 2.87. The fourth-order valence-electron chi connectivity index (χ4n) is 1.71. The standard InChI is InChI=1S/C16H22O2/c1-4-15(5-2)18-16-10-9-14(13(3)12-16)8-6-7-11-17/h9-10,12,15,17H,4-5,7,11H2,1-3H3.